The maximum atomic E-state index is 4.00. The topological polar surface area (TPSA) is 0 Å². The Bertz CT molecular complexity index is 140. The molecule has 0 amide bonds. The zero-order valence-corrected chi connectivity index (χ0v) is 6.11. The lowest BCUT2D eigenvalue weighted by molar-refractivity contribution is 0.680. The molecular formula is C9H14. The van der Waals surface area contributed by atoms with Gasteiger partial charge in [-0.3, -0.25) is 0 Å². The van der Waals surface area contributed by atoms with E-state index in [2.05, 4.69) is 19.6 Å². The third kappa shape index (κ3) is 1.44. The molecule has 0 nitrogen and oxygen atoms in total. The van der Waals surface area contributed by atoms with Crippen LogP contribution in [0.5, 0.6) is 0 Å². The van der Waals surface area contributed by atoms with Crippen molar-refractivity contribution in [3.63, 3.8) is 0 Å². The molecule has 1 aliphatic carbocycles. The summed E-state index contributed by atoms with van der Waals surface area (Å²) in [6, 6.07) is 0. The Morgan fingerprint density at radius 3 is 2.44 bits per heavy atom. The molecule has 50 valence electrons. The second-order valence-electron chi connectivity index (χ2n) is 2.62. The molecule has 0 N–H and O–H groups in total. The lowest BCUT2D eigenvalue weighted by atomic mass is 9.91. The number of hydrogen-bond donors (Lipinski definition) is 0. The van der Waals surface area contributed by atoms with Crippen LogP contribution in [-0.2, 0) is 0 Å². The fourth-order valence-corrected chi connectivity index (χ4v) is 1.34. The van der Waals surface area contributed by atoms with Crippen molar-refractivity contribution >= 4 is 0 Å². The van der Waals surface area contributed by atoms with E-state index in [-0.39, 0.29) is 0 Å². The fraction of sp³-hybridized carbons (Fsp3) is 0.556. The Morgan fingerprint density at radius 1 is 1.33 bits per heavy atom. The van der Waals surface area contributed by atoms with Crippen molar-refractivity contribution in [1.29, 1.82) is 0 Å². The molecule has 1 saturated carbocycles. The highest BCUT2D eigenvalue weighted by Crippen LogP contribution is 2.26. The molecule has 0 aromatic heterocycles. The molecule has 9 heavy (non-hydrogen) atoms. The summed E-state index contributed by atoms with van der Waals surface area (Å²) in [5, 5.41) is 0. The monoisotopic (exact) mass is 122 g/mol. The van der Waals surface area contributed by atoms with E-state index >= 15 is 0 Å². The largest absolute Gasteiger partial charge is 0.0956 e. The van der Waals surface area contributed by atoms with E-state index in [1.165, 1.54) is 36.8 Å². The summed E-state index contributed by atoms with van der Waals surface area (Å²) in [4.78, 5) is 0. The molecule has 0 spiro atoms. The Kier molecular flexibility index (Phi) is 2.10. The van der Waals surface area contributed by atoms with E-state index in [1.54, 1.807) is 0 Å². The maximum Gasteiger partial charge on any atom is -0.0280 e. The van der Waals surface area contributed by atoms with Crippen LogP contribution in [0.25, 0.3) is 0 Å². The molecule has 0 atom stereocenters. The first-order valence-corrected chi connectivity index (χ1v) is 3.68. The number of rotatable bonds is 0. The Labute approximate surface area is 57.3 Å². The number of allylic oxidation sites excluding steroid dienone is 3. The zero-order valence-electron chi connectivity index (χ0n) is 6.11. The van der Waals surface area contributed by atoms with Gasteiger partial charge in [0.05, 0.1) is 0 Å². The van der Waals surface area contributed by atoms with Gasteiger partial charge in [0.15, 0.2) is 0 Å². The third-order valence-electron chi connectivity index (χ3n) is 1.98. The van der Waals surface area contributed by atoms with Crippen molar-refractivity contribution in [3.05, 3.63) is 23.8 Å². The van der Waals surface area contributed by atoms with Crippen molar-refractivity contribution in [2.75, 3.05) is 0 Å². The van der Waals surface area contributed by atoms with Gasteiger partial charge in [-0.25, -0.2) is 0 Å². The molecular weight excluding hydrogens is 108 g/mol. The molecule has 0 radical (unpaired) electrons. The summed E-state index contributed by atoms with van der Waals surface area (Å²) in [6.07, 6.45) is 7.38. The van der Waals surface area contributed by atoms with Crippen LogP contribution in [-0.4, -0.2) is 0 Å². The lowest BCUT2D eigenvalue weighted by Gasteiger charge is -2.15. The first-order chi connectivity index (χ1) is 4.34. The molecule has 0 aliphatic heterocycles. The summed E-state index contributed by atoms with van der Waals surface area (Å²) in [5.74, 6) is 0. The maximum absolute atomic E-state index is 4.00. The van der Waals surface area contributed by atoms with Gasteiger partial charge in [0, 0.05) is 0 Å². The van der Waals surface area contributed by atoms with Gasteiger partial charge in [0.1, 0.15) is 0 Å². The highest BCUT2D eigenvalue weighted by molar-refractivity contribution is 5.29. The van der Waals surface area contributed by atoms with E-state index < -0.39 is 0 Å². The van der Waals surface area contributed by atoms with Crippen LogP contribution < -0.4 is 0 Å². The average Bonchev–Trinajstić information content (AvgIpc) is 1.89. The van der Waals surface area contributed by atoms with Crippen LogP contribution in [0.3, 0.4) is 0 Å². The van der Waals surface area contributed by atoms with Crippen LogP contribution in [0.4, 0.5) is 0 Å². The van der Waals surface area contributed by atoms with Gasteiger partial charge < -0.3 is 0 Å². The minimum atomic E-state index is 1.22. The second kappa shape index (κ2) is 2.86. The standard InChI is InChI=1S/C9H14/c1-3-9-7-5-4-6-8(9)2/h3H,2,4-7H2,1H3. The third-order valence-corrected chi connectivity index (χ3v) is 1.98. The van der Waals surface area contributed by atoms with Crippen molar-refractivity contribution in [3.8, 4) is 0 Å². The van der Waals surface area contributed by atoms with Gasteiger partial charge in [-0.15, -0.1) is 0 Å². The van der Waals surface area contributed by atoms with Crippen molar-refractivity contribution in [2.24, 2.45) is 0 Å². The first kappa shape index (κ1) is 6.60. The SMILES string of the molecule is C=C1CCCCC1=CC. The normalized spacial score (nSPS) is 25.0. The highest BCUT2D eigenvalue weighted by Gasteiger charge is 2.06. The Balaban J connectivity index is 2.60. The average molecular weight is 122 g/mol. The van der Waals surface area contributed by atoms with Crippen molar-refractivity contribution < 1.29 is 0 Å². The lowest BCUT2D eigenvalue weighted by Crippen LogP contribution is -1.95. The minimum Gasteiger partial charge on any atom is -0.0956 e. The Morgan fingerprint density at radius 2 is 2.00 bits per heavy atom. The first-order valence-electron chi connectivity index (χ1n) is 3.68. The van der Waals surface area contributed by atoms with E-state index in [1.807, 2.05) is 0 Å². The molecule has 0 unspecified atom stereocenters. The molecule has 1 aliphatic rings. The predicted octanol–water partition coefficient (Wildman–Crippen LogP) is 3.06. The number of hydrogen-bond acceptors (Lipinski definition) is 0. The van der Waals surface area contributed by atoms with E-state index in [0.29, 0.717) is 0 Å². The van der Waals surface area contributed by atoms with Crippen LogP contribution in [0, 0.1) is 0 Å². The predicted molar refractivity (Wildman–Crippen MR) is 41.4 cm³/mol. The Hall–Kier alpha value is -0.520. The molecule has 0 saturated heterocycles. The molecule has 0 aromatic carbocycles. The molecule has 0 heteroatoms. The summed E-state index contributed by atoms with van der Waals surface area (Å²) in [6.45, 7) is 6.10. The van der Waals surface area contributed by atoms with Crippen LogP contribution >= 0.6 is 0 Å². The van der Waals surface area contributed by atoms with Crippen LogP contribution in [0.1, 0.15) is 32.6 Å². The van der Waals surface area contributed by atoms with E-state index in [9.17, 15) is 0 Å². The smallest absolute Gasteiger partial charge is 0.0280 e. The van der Waals surface area contributed by atoms with Crippen LogP contribution in [0.15, 0.2) is 23.8 Å². The molecule has 0 bridgehead atoms. The summed E-state index contributed by atoms with van der Waals surface area (Å²) in [5.41, 5.74) is 2.85. The summed E-state index contributed by atoms with van der Waals surface area (Å²) in [7, 11) is 0. The minimum absolute atomic E-state index is 1.22. The fourth-order valence-electron chi connectivity index (χ4n) is 1.34. The second-order valence-corrected chi connectivity index (χ2v) is 2.62. The molecule has 0 aromatic rings. The van der Waals surface area contributed by atoms with E-state index in [4.69, 9.17) is 0 Å². The summed E-state index contributed by atoms with van der Waals surface area (Å²) >= 11 is 0. The van der Waals surface area contributed by atoms with Gasteiger partial charge in [-0.05, 0) is 38.2 Å². The van der Waals surface area contributed by atoms with E-state index in [0.717, 1.165) is 0 Å². The van der Waals surface area contributed by atoms with Gasteiger partial charge in [0.2, 0.25) is 0 Å². The summed E-state index contributed by atoms with van der Waals surface area (Å²) < 4.78 is 0. The van der Waals surface area contributed by atoms with Crippen molar-refractivity contribution in [2.45, 2.75) is 32.6 Å². The van der Waals surface area contributed by atoms with Gasteiger partial charge in [0.25, 0.3) is 0 Å². The molecule has 1 rings (SSSR count). The van der Waals surface area contributed by atoms with Gasteiger partial charge >= 0.3 is 0 Å². The molecule has 0 heterocycles. The van der Waals surface area contributed by atoms with Gasteiger partial charge in [-0.2, -0.15) is 0 Å². The highest BCUT2D eigenvalue weighted by atomic mass is 14.1. The zero-order chi connectivity index (χ0) is 6.69. The van der Waals surface area contributed by atoms with Gasteiger partial charge in [-0.1, -0.05) is 18.2 Å². The van der Waals surface area contributed by atoms with Crippen molar-refractivity contribution in [1.82, 2.24) is 0 Å². The quantitative estimate of drug-likeness (QED) is 0.463. The molecule has 1 fully saturated rings. The van der Waals surface area contributed by atoms with Crippen LogP contribution in [0.2, 0.25) is 0 Å².